The normalized spacial score (nSPS) is 12.7. The second-order valence-corrected chi connectivity index (χ2v) is 6.22. The van der Waals surface area contributed by atoms with Crippen molar-refractivity contribution >= 4 is 22.4 Å². The van der Waals surface area contributed by atoms with Crippen LogP contribution in [0, 0.1) is 5.82 Å². The first-order chi connectivity index (χ1) is 12.2. The van der Waals surface area contributed by atoms with E-state index in [0.29, 0.717) is 29.8 Å². The number of carbonyl (C=O) groups excluding carboxylic acids is 1. The first-order valence-electron chi connectivity index (χ1n) is 7.61. The van der Waals surface area contributed by atoms with Gasteiger partial charge in [0.05, 0.1) is 5.69 Å². The minimum atomic E-state index is -0.455. The largest absolute Gasteiger partial charge is 0.486 e. The van der Waals surface area contributed by atoms with Crippen LogP contribution in [-0.4, -0.2) is 24.1 Å². The molecule has 0 bridgehead atoms. The number of anilines is 1. The third-order valence-electron chi connectivity index (χ3n) is 3.65. The van der Waals surface area contributed by atoms with Crippen molar-refractivity contribution in [1.29, 1.82) is 0 Å². The Labute approximate surface area is 147 Å². The molecule has 2 aromatic carbocycles. The number of fused-ring (bicyclic) bond motifs is 1. The lowest BCUT2D eigenvalue weighted by Crippen LogP contribution is -2.15. The van der Waals surface area contributed by atoms with Crippen LogP contribution in [-0.2, 0) is 0 Å². The van der Waals surface area contributed by atoms with Gasteiger partial charge >= 0.3 is 0 Å². The summed E-state index contributed by atoms with van der Waals surface area (Å²) in [6, 6.07) is 11.1. The average molecular weight is 356 g/mol. The van der Waals surface area contributed by atoms with Crippen molar-refractivity contribution in [3.05, 3.63) is 59.2 Å². The summed E-state index contributed by atoms with van der Waals surface area (Å²) in [5, 5.41) is 4.97. The number of hydrogen-bond donors (Lipinski definition) is 1. The Balaban J connectivity index is 1.53. The van der Waals surface area contributed by atoms with E-state index in [1.165, 1.54) is 29.5 Å². The standard InChI is InChI=1S/C18H13FN2O3S/c19-13-3-1-2-12(8-13)17(22)21-18-20-14(10-25-18)11-4-5-15-16(9-11)24-7-6-23-15/h1-5,8-10H,6-7H2,(H,20,21,22). The maximum absolute atomic E-state index is 13.2. The topological polar surface area (TPSA) is 60.5 Å². The molecule has 0 atom stereocenters. The number of rotatable bonds is 3. The van der Waals surface area contributed by atoms with Gasteiger partial charge in [0.2, 0.25) is 0 Å². The number of hydrogen-bond acceptors (Lipinski definition) is 5. The molecule has 1 aromatic heterocycles. The van der Waals surface area contributed by atoms with Gasteiger partial charge < -0.3 is 9.47 Å². The molecule has 0 saturated heterocycles. The molecule has 0 aliphatic carbocycles. The maximum Gasteiger partial charge on any atom is 0.257 e. The van der Waals surface area contributed by atoms with Crippen LogP contribution in [0.2, 0.25) is 0 Å². The summed E-state index contributed by atoms with van der Waals surface area (Å²) >= 11 is 1.30. The molecule has 1 amide bonds. The summed E-state index contributed by atoms with van der Waals surface area (Å²) < 4.78 is 24.3. The van der Waals surface area contributed by atoms with Gasteiger partial charge in [-0.1, -0.05) is 6.07 Å². The van der Waals surface area contributed by atoms with E-state index in [1.807, 2.05) is 23.6 Å². The van der Waals surface area contributed by atoms with Crippen LogP contribution in [0.3, 0.4) is 0 Å². The van der Waals surface area contributed by atoms with Gasteiger partial charge in [-0.25, -0.2) is 9.37 Å². The molecule has 0 fully saturated rings. The van der Waals surface area contributed by atoms with E-state index < -0.39 is 11.7 Å². The van der Waals surface area contributed by atoms with Gasteiger partial charge in [-0.2, -0.15) is 0 Å². The Bertz CT molecular complexity index is 942. The predicted octanol–water partition coefficient (Wildman–Crippen LogP) is 3.97. The highest BCUT2D eigenvalue weighted by atomic mass is 32.1. The van der Waals surface area contributed by atoms with Crippen LogP contribution >= 0.6 is 11.3 Å². The second-order valence-electron chi connectivity index (χ2n) is 5.36. The van der Waals surface area contributed by atoms with Crippen molar-refractivity contribution < 1.29 is 18.7 Å². The third kappa shape index (κ3) is 3.32. The average Bonchev–Trinajstić information content (AvgIpc) is 3.10. The molecule has 0 radical (unpaired) electrons. The van der Waals surface area contributed by atoms with Crippen molar-refractivity contribution in [2.75, 3.05) is 18.5 Å². The fourth-order valence-corrected chi connectivity index (χ4v) is 3.18. The third-order valence-corrected chi connectivity index (χ3v) is 4.41. The Hall–Kier alpha value is -2.93. The molecule has 0 saturated carbocycles. The Morgan fingerprint density at radius 1 is 1.12 bits per heavy atom. The molecule has 7 heteroatoms. The zero-order valence-corrected chi connectivity index (χ0v) is 13.8. The first-order valence-corrected chi connectivity index (χ1v) is 8.49. The second kappa shape index (κ2) is 6.52. The minimum Gasteiger partial charge on any atom is -0.486 e. The first kappa shape index (κ1) is 15.6. The number of halogens is 1. The van der Waals surface area contributed by atoms with E-state index >= 15 is 0 Å². The molecule has 2 heterocycles. The van der Waals surface area contributed by atoms with Crippen LogP contribution < -0.4 is 14.8 Å². The number of thiazole rings is 1. The maximum atomic E-state index is 13.2. The van der Waals surface area contributed by atoms with Gasteiger partial charge in [-0.3, -0.25) is 10.1 Å². The summed E-state index contributed by atoms with van der Waals surface area (Å²) in [5.74, 6) is 0.540. The van der Waals surface area contributed by atoms with E-state index in [2.05, 4.69) is 10.3 Å². The molecule has 1 aliphatic heterocycles. The number of benzene rings is 2. The zero-order chi connectivity index (χ0) is 17.2. The molecule has 4 rings (SSSR count). The lowest BCUT2D eigenvalue weighted by Gasteiger charge is -2.18. The van der Waals surface area contributed by atoms with Crippen molar-refractivity contribution in [2.24, 2.45) is 0 Å². The molecule has 1 N–H and O–H groups in total. The van der Waals surface area contributed by atoms with Crippen LogP contribution in [0.1, 0.15) is 10.4 Å². The molecule has 0 spiro atoms. The van der Waals surface area contributed by atoms with Gasteiger partial charge in [0.1, 0.15) is 19.0 Å². The molecular weight excluding hydrogens is 343 g/mol. The summed E-state index contributed by atoms with van der Waals surface area (Å²) in [6.07, 6.45) is 0. The lowest BCUT2D eigenvalue weighted by atomic mass is 10.1. The number of amides is 1. The quantitative estimate of drug-likeness (QED) is 0.771. The Kier molecular flexibility index (Phi) is 4.07. The Morgan fingerprint density at radius 3 is 2.80 bits per heavy atom. The van der Waals surface area contributed by atoms with Crippen LogP contribution in [0.25, 0.3) is 11.3 Å². The fraction of sp³-hybridized carbons (Fsp3) is 0.111. The van der Waals surface area contributed by atoms with Gasteiger partial charge in [0, 0.05) is 16.5 Å². The van der Waals surface area contributed by atoms with E-state index in [9.17, 15) is 9.18 Å². The van der Waals surface area contributed by atoms with Gasteiger partial charge in [0.15, 0.2) is 16.6 Å². The number of ether oxygens (including phenoxy) is 2. The van der Waals surface area contributed by atoms with Crippen molar-refractivity contribution in [3.8, 4) is 22.8 Å². The minimum absolute atomic E-state index is 0.246. The van der Waals surface area contributed by atoms with Crippen molar-refractivity contribution in [3.63, 3.8) is 0 Å². The van der Waals surface area contributed by atoms with Gasteiger partial charge in [0.25, 0.3) is 5.91 Å². The number of aromatic nitrogens is 1. The number of carbonyl (C=O) groups is 1. The highest BCUT2D eigenvalue weighted by molar-refractivity contribution is 7.14. The van der Waals surface area contributed by atoms with Crippen molar-refractivity contribution in [2.45, 2.75) is 0 Å². The molecule has 3 aromatic rings. The number of nitrogens with zero attached hydrogens (tertiary/aromatic N) is 1. The monoisotopic (exact) mass is 356 g/mol. The van der Waals surface area contributed by atoms with E-state index in [0.717, 1.165) is 11.3 Å². The molecular formula is C18H13FN2O3S. The smallest absolute Gasteiger partial charge is 0.257 e. The summed E-state index contributed by atoms with van der Waals surface area (Å²) in [5.41, 5.74) is 1.83. The van der Waals surface area contributed by atoms with Gasteiger partial charge in [-0.15, -0.1) is 11.3 Å². The highest BCUT2D eigenvalue weighted by Crippen LogP contribution is 2.35. The molecule has 25 heavy (non-hydrogen) atoms. The molecule has 5 nitrogen and oxygen atoms in total. The van der Waals surface area contributed by atoms with Gasteiger partial charge in [-0.05, 0) is 36.4 Å². The number of nitrogens with one attached hydrogen (secondary N) is 1. The van der Waals surface area contributed by atoms with E-state index in [4.69, 9.17) is 9.47 Å². The summed E-state index contributed by atoms with van der Waals surface area (Å²) in [7, 11) is 0. The van der Waals surface area contributed by atoms with Crippen LogP contribution in [0.15, 0.2) is 47.8 Å². The molecule has 126 valence electrons. The van der Waals surface area contributed by atoms with Crippen LogP contribution in [0.4, 0.5) is 9.52 Å². The SMILES string of the molecule is O=C(Nc1nc(-c2ccc3c(c2)OCCO3)cs1)c1cccc(F)c1. The van der Waals surface area contributed by atoms with E-state index in [-0.39, 0.29) is 5.56 Å². The molecule has 0 unspecified atom stereocenters. The summed E-state index contributed by atoms with van der Waals surface area (Å²) in [4.78, 5) is 16.6. The van der Waals surface area contributed by atoms with E-state index in [1.54, 1.807) is 6.07 Å². The lowest BCUT2D eigenvalue weighted by molar-refractivity contribution is 0.102. The fourth-order valence-electron chi connectivity index (χ4n) is 2.47. The van der Waals surface area contributed by atoms with Crippen molar-refractivity contribution in [1.82, 2.24) is 4.98 Å². The zero-order valence-electron chi connectivity index (χ0n) is 13.0. The van der Waals surface area contributed by atoms with Crippen LogP contribution in [0.5, 0.6) is 11.5 Å². The highest BCUT2D eigenvalue weighted by Gasteiger charge is 2.15. The summed E-state index contributed by atoms with van der Waals surface area (Å²) in [6.45, 7) is 1.06. The predicted molar refractivity (Wildman–Crippen MR) is 92.9 cm³/mol. The molecule has 1 aliphatic rings. The Morgan fingerprint density at radius 2 is 1.96 bits per heavy atom.